The Labute approximate surface area is 92.3 Å². The van der Waals surface area contributed by atoms with Gasteiger partial charge in [0.15, 0.2) is 0 Å². The summed E-state index contributed by atoms with van der Waals surface area (Å²) in [4.78, 5) is 2.50. The highest BCUT2D eigenvalue weighted by molar-refractivity contribution is 5.60. The highest BCUT2D eigenvalue weighted by atomic mass is 15.2. The molecule has 0 radical (unpaired) electrons. The minimum absolute atomic E-state index is 0.591. The first-order chi connectivity index (χ1) is 7.24. The number of benzene rings is 1. The molecular weight excluding hydrogens is 184 g/mol. The normalized spacial score (nSPS) is 19.7. The Hall–Kier alpha value is -1.02. The third kappa shape index (κ3) is 1.86. The van der Waals surface area contributed by atoms with Gasteiger partial charge in [-0.1, -0.05) is 18.2 Å². The molecule has 1 N–H and O–H groups in total. The summed E-state index contributed by atoms with van der Waals surface area (Å²) < 4.78 is 0. The lowest BCUT2D eigenvalue weighted by molar-refractivity contribution is 0.611. The Balaban J connectivity index is 2.31. The molecule has 0 amide bonds. The first-order valence-corrected chi connectivity index (χ1v) is 5.74. The number of fused-ring (bicyclic) bond motifs is 1. The molecule has 0 bridgehead atoms. The molecule has 1 aliphatic heterocycles. The lowest BCUT2D eigenvalue weighted by Crippen LogP contribution is -2.31. The minimum Gasteiger partial charge on any atom is -0.368 e. The van der Waals surface area contributed by atoms with Gasteiger partial charge in [0.1, 0.15) is 0 Å². The molecule has 2 rings (SSSR count). The predicted molar refractivity (Wildman–Crippen MR) is 65.6 cm³/mol. The van der Waals surface area contributed by atoms with E-state index in [0.717, 1.165) is 13.1 Å². The van der Waals surface area contributed by atoms with Gasteiger partial charge in [0.2, 0.25) is 0 Å². The van der Waals surface area contributed by atoms with Crippen LogP contribution in [0.1, 0.15) is 25.3 Å². The minimum atomic E-state index is 0.591. The predicted octanol–water partition coefficient (Wildman–Crippen LogP) is 2.22. The zero-order valence-corrected chi connectivity index (χ0v) is 9.83. The molecule has 1 aromatic rings. The number of para-hydroxylation sites is 1. The molecule has 82 valence electrons. The number of rotatable bonds is 3. The van der Waals surface area contributed by atoms with Crippen LogP contribution in [0.2, 0.25) is 0 Å². The molecule has 2 nitrogen and oxygen atoms in total. The molecule has 1 aromatic carbocycles. The molecule has 2 heteroatoms. The number of anilines is 1. The van der Waals surface area contributed by atoms with Crippen molar-refractivity contribution in [2.24, 2.45) is 0 Å². The van der Waals surface area contributed by atoms with Crippen molar-refractivity contribution in [3.05, 3.63) is 29.8 Å². The summed E-state index contributed by atoms with van der Waals surface area (Å²) in [6.45, 7) is 6.75. The van der Waals surface area contributed by atoms with E-state index in [0.29, 0.717) is 12.0 Å². The first-order valence-electron chi connectivity index (χ1n) is 5.74. The average molecular weight is 204 g/mol. The maximum Gasteiger partial charge on any atom is 0.0405 e. The SMILES string of the molecule is CNCC1CN(C(C)C)c2ccccc21. The van der Waals surface area contributed by atoms with Crippen molar-refractivity contribution < 1.29 is 0 Å². The van der Waals surface area contributed by atoms with Crippen LogP contribution in [0, 0.1) is 0 Å². The number of hydrogen-bond acceptors (Lipinski definition) is 2. The monoisotopic (exact) mass is 204 g/mol. The second kappa shape index (κ2) is 4.23. The molecule has 1 heterocycles. The molecule has 1 aliphatic rings. The maximum absolute atomic E-state index is 3.28. The molecule has 1 atom stereocenters. The quantitative estimate of drug-likeness (QED) is 0.812. The molecule has 0 saturated carbocycles. The summed E-state index contributed by atoms with van der Waals surface area (Å²) in [6, 6.07) is 9.37. The molecule has 15 heavy (non-hydrogen) atoms. The Kier molecular flexibility index (Phi) is 2.96. The van der Waals surface area contributed by atoms with E-state index in [2.05, 4.69) is 48.3 Å². The Morgan fingerprint density at radius 1 is 1.40 bits per heavy atom. The van der Waals surface area contributed by atoms with Gasteiger partial charge in [0.05, 0.1) is 0 Å². The molecule has 1 unspecified atom stereocenters. The number of likely N-dealkylation sites (N-methyl/N-ethyl adjacent to an activating group) is 1. The van der Waals surface area contributed by atoms with Crippen molar-refractivity contribution in [3.8, 4) is 0 Å². The topological polar surface area (TPSA) is 15.3 Å². The molecule has 0 saturated heterocycles. The second-order valence-electron chi connectivity index (χ2n) is 4.56. The first kappa shape index (κ1) is 10.5. The largest absolute Gasteiger partial charge is 0.368 e. The van der Waals surface area contributed by atoms with Crippen LogP contribution >= 0.6 is 0 Å². The van der Waals surface area contributed by atoms with Crippen LogP contribution in [0.15, 0.2) is 24.3 Å². The summed E-state index contributed by atoms with van der Waals surface area (Å²) in [5.74, 6) is 0.647. The summed E-state index contributed by atoms with van der Waals surface area (Å²) in [7, 11) is 2.03. The fourth-order valence-electron chi connectivity index (χ4n) is 2.44. The Morgan fingerprint density at radius 2 is 2.13 bits per heavy atom. The van der Waals surface area contributed by atoms with Crippen LogP contribution in [0.5, 0.6) is 0 Å². The maximum atomic E-state index is 3.28. The summed E-state index contributed by atoms with van der Waals surface area (Å²) >= 11 is 0. The molecular formula is C13H20N2. The van der Waals surface area contributed by atoms with Crippen LogP contribution < -0.4 is 10.2 Å². The van der Waals surface area contributed by atoms with Crippen molar-refractivity contribution in [1.29, 1.82) is 0 Å². The van der Waals surface area contributed by atoms with Gasteiger partial charge < -0.3 is 10.2 Å². The number of nitrogens with zero attached hydrogens (tertiary/aromatic N) is 1. The highest BCUT2D eigenvalue weighted by Crippen LogP contribution is 2.36. The average Bonchev–Trinajstić information content (AvgIpc) is 2.59. The van der Waals surface area contributed by atoms with Crippen molar-refractivity contribution in [2.45, 2.75) is 25.8 Å². The van der Waals surface area contributed by atoms with Crippen molar-refractivity contribution in [3.63, 3.8) is 0 Å². The van der Waals surface area contributed by atoms with Crippen LogP contribution in [0.25, 0.3) is 0 Å². The van der Waals surface area contributed by atoms with E-state index in [1.165, 1.54) is 11.3 Å². The zero-order valence-electron chi connectivity index (χ0n) is 9.83. The van der Waals surface area contributed by atoms with Crippen molar-refractivity contribution >= 4 is 5.69 Å². The molecule has 0 aromatic heterocycles. The van der Waals surface area contributed by atoms with Gasteiger partial charge >= 0.3 is 0 Å². The van der Waals surface area contributed by atoms with E-state index in [4.69, 9.17) is 0 Å². The fraction of sp³-hybridized carbons (Fsp3) is 0.538. The molecule has 0 aliphatic carbocycles. The van der Waals surface area contributed by atoms with E-state index < -0.39 is 0 Å². The van der Waals surface area contributed by atoms with Crippen LogP contribution in [-0.4, -0.2) is 26.2 Å². The third-order valence-electron chi connectivity index (χ3n) is 3.18. The van der Waals surface area contributed by atoms with E-state index >= 15 is 0 Å². The van der Waals surface area contributed by atoms with E-state index in [9.17, 15) is 0 Å². The highest BCUT2D eigenvalue weighted by Gasteiger charge is 2.28. The zero-order chi connectivity index (χ0) is 10.8. The molecule has 0 fully saturated rings. The van der Waals surface area contributed by atoms with Gasteiger partial charge in [-0.25, -0.2) is 0 Å². The standard InChI is InChI=1S/C13H20N2/c1-10(2)15-9-11(8-14-3)12-6-4-5-7-13(12)15/h4-7,10-11,14H,8-9H2,1-3H3. The van der Waals surface area contributed by atoms with Gasteiger partial charge in [0.25, 0.3) is 0 Å². The lowest BCUT2D eigenvalue weighted by Gasteiger charge is -2.24. The Bertz CT molecular complexity index is 333. The van der Waals surface area contributed by atoms with E-state index in [-0.39, 0.29) is 0 Å². The van der Waals surface area contributed by atoms with E-state index in [1.54, 1.807) is 0 Å². The third-order valence-corrected chi connectivity index (χ3v) is 3.18. The summed E-state index contributed by atoms with van der Waals surface area (Å²) in [5, 5.41) is 3.28. The van der Waals surface area contributed by atoms with Gasteiger partial charge in [-0.05, 0) is 32.5 Å². The van der Waals surface area contributed by atoms with E-state index in [1.807, 2.05) is 7.05 Å². The van der Waals surface area contributed by atoms with Crippen molar-refractivity contribution in [1.82, 2.24) is 5.32 Å². The number of nitrogens with one attached hydrogen (secondary N) is 1. The van der Waals surface area contributed by atoms with Crippen LogP contribution in [0.3, 0.4) is 0 Å². The van der Waals surface area contributed by atoms with Gasteiger partial charge in [0, 0.05) is 30.7 Å². The van der Waals surface area contributed by atoms with Gasteiger partial charge in [-0.2, -0.15) is 0 Å². The van der Waals surface area contributed by atoms with Gasteiger partial charge in [-0.3, -0.25) is 0 Å². The fourth-order valence-corrected chi connectivity index (χ4v) is 2.44. The molecule has 0 spiro atoms. The number of hydrogen-bond donors (Lipinski definition) is 1. The van der Waals surface area contributed by atoms with Crippen molar-refractivity contribution in [2.75, 3.05) is 25.0 Å². The second-order valence-corrected chi connectivity index (χ2v) is 4.56. The summed E-state index contributed by atoms with van der Waals surface area (Å²) in [5.41, 5.74) is 2.92. The van der Waals surface area contributed by atoms with Gasteiger partial charge in [-0.15, -0.1) is 0 Å². The lowest BCUT2D eigenvalue weighted by atomic mass is 10.0. The smallest absolute Gasteiger partial charge is 0.0405 e. The summed E-state index contributed by atoms with van der Waals surface area (Å²) in [6.07, 6.45) is 0. The van der Waals surface area contributed by atoms with Crippen LogP contribution in [-0.2, 0) is 0 Å². The van der Waals surface area contributed by atoms with Crippen LogP contribution in [0.4, 0.5) is 5.69 Å². The Morgan fingerprint density at radius 3 is 2.80 bits per heavy atom.